The van der Waals surface area contributed by atoms with Crippen molar-refractivity contribution in [3.63, 3.8) is 0 Å². The number of rotatable bonds is 16. The Labute approximate surface area is 232 Å². The van der Waals surface area contributed by atoms with Crippen LogP contribution in [0.15, 0.2) is 54.6 Å². The number of halogens is 2. The number of nitrogens with one attached hydrogen (secondary N) is 1. The Bertz CT molecular complexity index is 1090. The van der Waals surface area contributed by atoms with E-state index in [0.717, 1.165) is 6.07 Å². The molecule has 0 saturated heterocycles. The van der Waals surface area contributed by atoms with Gasteiger partial charge in [0.1, 0.15) is 24.5 Å². The molecule has 0 aliphatic heterocycles. The summed E-state index contributed by atoms with van der Waals surface area (Å²) < 4.78 is 52.1. The van der Waals surface area contributed by atoms with Gasteiger partial charge in [-0.3, -0.25) is 5.32 Å². The van der Waals surface area contributed by atoms with Gasteiger partial charge >= 0.3 is 11.9 Å². The Kier molecular flexibility index (Phi) is 12.6. The van der Waals surface area contributed by atoms with E-state index in [1.165, 1.54) is 58.2 Å². The van der Waals surface area contributed by atoms with E-state index in [4.69, 9.17) is 24.7 Å². The van der Waals surface area contributed by atoms with Gasteiger partial charge in [-0.05, 0) is 36.8 Å². The third-order valence-electron chi connectivity index (χ3n) is 6.09. The molecular weight excluding hydrogens is 530 g/mol. The van der Waals surface area contributed by atoms with Crippen LogP contribution in [0, 0.1) is 5.92 Å². The number of ether oxygens (including phenoxy) is 4. The summed E-state index contributed by atoms with van der Waals surface area (Å²) in [7, 11) is 1.50. The number of esters is 2. The summed E-state index contributed by atoms with van der Waals surface area (Å²) in [5, 5.41) is 24.0. The molecule has 2 rings (SSSR count). The summed E-state index contributed by atoms with van der Waals surface area (Å²) in [5.74, 6) is -6.99. The summed E-state index contributed by atoms with van der Waals surface area (Å²) in [4.78, 5) is 25.5. The van der Waals surface area contributed by atoms with Gasteiger partial charge in [0.25, 0.3) is 5.92 Å². The summed E-state index contributed by atoms with van der Waals surface area (Å²) in [6, 6.07) is 9.68. The molecule has 0 aliphatic carbocycles. The van der Waals surface area contributed by atoms with Crippen molar-refractivity contribution >= 4 is 11.9 Å². The molecule has 0 radical (unpaired) electrons. The highest BCUT2D eigenvalue weighted by Crippen LogP contribution is 2.39. The number of methoxy groups -OCH3 is 1. The number of nitrogens with two attached hydrogens (primary N) is 1. The fourth-order valence-electron chi connectivity index (χ4n) is 3.65. The minimum atomic E-state index is -4.01. The lowest BCUT2D eigenvalue weighted by atomic mass is 9.90. The molecule has 4 atom stereocenters. The van der Waals surface area contributed by atoms with Crippen LogP contribution in [0.2, 0.25) is 0 Å². The second kappa shape index (κ2) is 15.1. The van der Waals surface area contributed by atoms with Crippen LogP contribution in [0.25, 0.3) is 0 Å². The van der Waals surface area contributed by atoms with Crippen LogP contribution in [-0.2, 0) is 19.0 Å². The van der Waals surface area contributed by atoms with Gasteiger partial charge in [-0.15, -0.1) is 0 Å². The van der Waals surface area contributed by atoms with Crippen molar-refractivity contribution < 1.29 is 47.5 Å². The van der Waals surface area contributed by atoms with Gasteiger partial charge in [0.15, 0.2) is 0 Å². The summed E-state index contributed by atoms with van der Waals surface area (Å²) in [6.07, 6.45) is -2.37. The molecule has 0 amide bonds. The van der Waals surface area contributed by atoms with E-state index < -0.39 is 47.7 Å². The number of hydrogen-bond donors (Lipinski definition) is 4. The lowest BCUT2D eigenvalue weighted by Gasteiger charge is -2.40. The van der Waals surface area contributed by atoms with E-state index in [-0.39, 0.29) is 36.7 Å². The van der Waals surface area contributed by atoms with E-state index in [9.17, 15) is 19.8 Å². The number of alkyl halides is 2. The quantitative estimate of drug-likeness (QED) is 0.103. The van der Waals surface area contributed by atoms with E-state index in [2.05, 4.69) is 5.32 Å². The van der Waals surface area contributed by atoms with Crippen molar-refractivity contribution in [2.45, 2.75) is 50.6 Å². The fourth-order valence-corrected chi connectivity index (χ4v) is 3.65. The molecule has 40 heavy (non-hydrogen) atoms. The molecule has 10 nitrogen and oxygen atoms in total. The lowest BCUT2D eigenvalue weighted by molar-refractivity contribution is -0.191. The Hall–Kier alpha value is -3.00. The minimum Gasteiger partial charge on any atom is -0.460 e. The molecule has 0 fully saturated rings. The predicted octanol–water partition coefficient (Wildman–Crippen LogP) is 2.43. The smallest absolute Gasteiger partial charge is 0.354 e. The van der Waals surface area contributed by atoms with Crippen LogP contribution in [0.4, 0.5) is 8.78 Å². The summed E-state index contributed by atoms with van der Waals surface area (Å²) >= 11 is 0. The van der Waals surface area contributed by atoms with Gasteiger partial charge in [0, 0.05) is 19.1 Å². The van der Waals surface area contributed by atoms with Crippen LogP contribution < -0.4 is 15.8 Å². The SMILES string of the molecule is COCCOCCOC(=O)[C@](O)(NC(c1cccc(OC(=O)c2ccccc2)c1)C(F)(F)C(O)C(C)N)C(C)C. The molecule has 0 saturated carbocycles. The molecule has 0 spiro atoms. The average molecular weight is 569 g/mol. The molecule has 5 N–H and O–H groups in total. The van der Waals surface area contributed by atoms with Gasteiger partial charge in [0.2, 0.25) is 5.72 Å². The fraction of sp³-hybridized carbons (Fsp3) is 0.500. The molecule has 222 valence electrons. The van der Waals surface area contributed by atoms with E-state index in [0.29, 0.717) is 6.61 Å². The number of carbonyl (C=O) groups is 2. The molecule has 12 heteroatoms. The minimum absolute atomic E-state index is 0.0128. The maximum absolute atomic E-state index is 15.8. The summed E-state index contributed by atoms with van der Waals surface area (Å²) in [5.41, 5.74) is 3.02. The molecule has 0 aliphatic rings. The molecule has 0 heterocycles. The highest BCUT2D eigenvalue weighted by molar-refractivity contribution is 5.91. The standard InChI is InChI=1S/C28H38F2N2O8/c1-18(2)28(36,26(35)39-16-15-38-14-13-37-4)32-23(27(29,30)24(33)19(3)31)21-11-8-12-22(17-21)40-25(34)20-9-6-5-7-10-20/h5-12,17-19,23-24,32-33,36H,13-16,31H2,1-4H3/t19?,23?,24?,28-/m0/s1. The average Bonchev–Trinajstić information content (AvgIpc) is 2.93. The Morgan fingerprint density at radius 2 is 1.65 bits per heavy atom. The van der Waals surface area contributed by atoms with Crippen molar-refractivity contribution in [1.82, 2.24) is 5.32 Å². The normalized spacial score (nSPS) is 15.7. The van der Waals surface area contributed by atoms with E-state index in [1.807, 2.05) is 0 Å². The Morgan fingerprint density at radius 3 is 2.25 bits per heavy atom. The van der Waals surface area contributed by atoms with Crippen LogP contribution in [-0.4, -0.2) is 79.5 Å². The molecule has 0 bridgehead atoms. The predicted molar refractivity (Wildman–Crippen MR) is 142 cm³/mol. The van der Waals surface area contributed by atoms with Crippen molar-refractivity contribution in [2.24, 2.45) is 11.7 Å². The van der Waals surface area contributed by atoms with Gasteiger partial charge in [-0.1, -0.05) is 44.2 Å². The zero-order chi connectivity index (χ0) is 29.9. The van der Waals surface area contributed by atoms with Crippen molar-refractivity contribution in [3.8, 4) is 5.75 Å². The maximum atomic E-state index is 15.8. The second-order valence-corrected chi connectivity index (χ2v) is 9.55. The molecule has 0 aromatic heterocycles. The van der Waals surface area contributed by atoms with E-state index in [1.54, 1.807) is 18.2 Å². The monoisotopic (exact) mass is 568 g/mol. The number of aliphatic hydroxyl groups is 2. The Morgan fingerprint density at radius 1 is 1.00 bits per heavy atom. The van der Waals surface area contributed by atoms with Crippen LogP contribution in [0.3, 0.4) is 0 Å². The Balaban J connectivity index is 2.38. The number of carbonyl (C=O) groups excluding carboxylic acids is 2. The van der Waals surface area contributed by atoms with Gasteiger partial charge in [-0.25, -0.2) is 18.4 Å². The molecule has 2 aromatic rings. The third-order valence-corrected chi connectivity index (χ3v) is 6.09. The number of aliphatic hydroxyl groups excluding tert-OH is 1. The first-order chi connectivity index (χ1) is 18.8. The number of benzene rings is 2. The van der Waals surface area contributed by atoms with Crippen LogP contribution >= 0.6 is 0 Å². The first-order valence-corrected chi connectivity index (χ1v) is 12.8. The number of hydrogen-bond acceptors (Lipinski definition) is 10. The van der Waals surface area contributed by atoms with Gasteiger partial charge in [-0.2, -0.15) is 0 Å². The van der Waals surface area contributed by atoms with E-state index >= 15 is 8.78 Å². The lowest BCUT2D eigenvalue weighted by Crippen LogP contribution is -2.63. The maximum Gasteiger partial charge on any atom is 0.354 e. The van der Waals surface area contributed by atoms with Crippen LogP contribution in [0.5, 0.6) is 5.75 Å². The first kappa shape index (κ1) is 33.2. The zero-order valence-electron chi connectivity index (χ0n) is 23.0. The summed E-state index contributed by atoms with van der Waals surface area (Å²) in [6.45, 7) is 4.35. The highest BCUT2D eigenvalue weighted by Gasteiger charge is 2.54. The van der Waals surface area contributed by atoms with Crippen molar-refractivity contribution in [3.05, 3.63) is 65.7 Å². The van der Waals surface area contributed by atoms with Crippen LogP contribution in [0.1, 0.15) is 42.7 Å². The van der Waals surface area contributed by atoms with Gasteiger partial charge < -0.3 is 34.9 Å². The first-order valence-electron chi connectivity index (χ1n) is 12.8. The zero-order valence-corrected chi connectivity index (χ0v) is 23.0. The largest absolute Gasteiger partial charge is 0.460 e. The molecule has 2 aromatic carbocycles. The third kappa shape index (κ3) is 8.75. The topological polar surface area (TPSA) is 150 Å². The van der Waals surface area contributed by atoms with Crippen molar-refractivity contribution in [1.29, 1.82) is 0 Å². The second-order valence-electron chi connectivity index (χ2n) is 9.55. The highest BCUT2D eigenvalue weighted by atomic mass is 19.3. The van der Waals surface area contributed by atoms with Crippen molar-refractivity contribution in [2.75, 3.05) is 33.5 Å². The van der Waals surface area contributed by atoms with Gasteiger partial charge in [0.05, 0.1) is 25.4 Å². The molecule has 3 unspecified atom stereocenters. The molecular formula is C28H38F2N2O8.